The maximum atomic E-state index is 11.8. The number of hydrogen-bond donors (Lipinski definition) is 2. The molecule has 1 aliphatic heterocycles. The van der Waals surface area contributed by atoms with Gasteiger partial charge in [0.2, 0.25) is 0 Å². The van der Waals surface area contributed by atoms with E-state index in [0.29, 0.717) is 13.2 Å². The van der Waals surface area contributed by atoms with Gasteiger partial charge in [-0.1, -0.05) is 13.8 Å². The van der Waals surface area contributed by atoms with E-state index in [0.717, 1.165) is 6.42 Å². The second-order valence-corrected chi connectivity index (χ2v) is 5.00. The van der Waals surface area contributed by atoms with Crippen molar-refractivity contribution in [1.29, 1.82) is 0 Å². The molecule has 2 atom stereocenters. The number of carbonyl (C=O) groups is 2. The van der Waals surface area contributed by atoms with Crippen LogP contribution in [0.1, 0.15) is 20.3 Å². The van der Waals surface area contributed by atoms with Crippen LogP contribution in [-0.2, 0) is 9.53 Å². The number of ether oxygens (including phenoxy) is 1. The van der Waals surface area contributed by atoms with Crippen molar-refractivity contribution in [3.63, 3.8) is 0 Å². The van der Waals surface area contributed by atoms with Crippen molar-refractivity contribution in [2.75, 3.05) is 26.8 Å². The fourth-order valence-electron chi connectivity index (χ4n) is 1.92. The van der Waals surface area contributed by atoms with Gasteiger partial charge in [0.05, 0.1) is 18.6 Å². The highest BCUT2D eigenvalue weighted by molar-refractivity contribution is 5.76. The zero-order chi connectivity index (χ0) is 13.7. The van der Waals surface area contributed by atoms with Gasteiger partial charge in [0.25, 0.3) is 0 Å². The van der Waals surface area contributed by atoms with Gasteiger partial charge in [-0.3, -0.25) is 4.79 Å². The highest BCUT2D eigenvalue weighted by Crippen LogP contribution is 2.12. The third-order valence-electron chi connectivity index (χ3n) is 3.37. The van der Waals surface area contributed by atoms with E-state index in [2.05, 4.69) is 5.32 Å². The van der Waals surface area contributed by atoms with Gasteiger partial charge in [-0.25, -0.2) is 4.79 Å². The Morgan fingerprint density at radius 2 is 2.17 bits per heavy atom. The Hall–Kier alpha value is -1.30. The molecule has 104 valence electrons. The van der Waals surface area contributed by atoms with Crippen molar-refractivity contribution in [3.05, 3.63) is 0 Å². The number of aliphatic carboxylic acids is 1. The first-order valence-corrected chi connectivity index (χ1v) is 6.24. The number of urea groups is 1. The Balaban J connectivity index is 2.41. The first-order valence-electron chi connectivity index (χ1n) is 6.24. The smallest absolute Gasteiger partial charge is 0.317 e. The van der Waals surface area contributed by atoms with Crippen LogP contribution in [0.4, 0.5) is 4.79 Å². The van der Waals surface area contributed by atoms with Gasteiger partial charge >= 0.3 is 12.0 Å². The van der Waals surface area contributed by atoms with Crippen LogP contribution in [0.5, 0.6) is 0 Å². The summed E-state index contributed by atoms with van der Waals surface area (Å²) in [6, 6.07) is -0.148. The highest BCUT2D eigenvalue weighted by atomic mass is 16.5. The van der Waals surface area contributed by atoms with Gasteiger partial charge < -0.3 is 20.1 Å². The molecule has 2 amide bonds. The number of hydrogen-bond acceptors (Lipinski definition) is 3. The Bertz CT molecular complexity index is 300. The third kappa shape index (κ3) is 3.87. The van der Waals surface area contributed by atoms with Gasteiger partial charge in [-0.15, -0.1) is 0 Å². The Morgan fingerprint density at radius 3 is 2.61 bits per heavy atom. The molecule has 6 nitrogen and oxygen atoms in total. The average molecular weight is 258 g/mol. The third-order valence-corrected chi connectivity index (χ3v) is 3.37. The number of carbonyl (C=O) groups excluding carboxylic acids is 1. The number of rotatable bonds is 5. The van der Waals surface area contributed by atoms with Crippen LogP contribution in [0.3, 0.4) is 0 Å². The summed E-state index contributed by atoms with van der Waals surface area (Å²) in [5, 5.41) is 11.7. The first kappa shape index (κ1) is 14.8. The molecule has 0 aromatic carbocycles. The van der Waals surface area contributed by atoms with Crippen LogP contribution in [0.2, 0.25) is 0 Å². The topological polar surface area (TPSA) is 78.9 Å². The van der Waals surface area contributed by atoms with Crippen LogP contribution in [0.25, 0.3) is 0 Å². The minimum Gasteiger partial charge on any atom is -0.481 e. The lowest BCUT2D eigenvalue weighted by atomic mass is 9.96. The molecule has 1 saturated heterocycles. The summed E-state index contributed by atoms with van der Waals surface area (Å²) in [4.78, 5) is 24.4. The molecule has 2 unspecified atom stereocenters. The molecule has 0 aliphatic carbocycles. The second-order valence-electron chi connectivity index (χ2n) is 5.00. The van der Waals surface area contributed by atoms with E-state index >= 15 is 0 Å². The van der Waals surface area contributed by atoms with E-state index in [9.17, 15) is 9.59 Å². The van der Waals surface area contributed by atoms with E-state index in [4.69, 9.17) is 9.84 Å². The SMILES string of the molecule is CC(C)C(CNC(=O)N(C)C1CCOC1)C(=O)O. The predicted octanol–water partition coefficient (Wildman–Crippen LogP) is 0.773. The molecular formula is C12H22N2O4. The minimum absolute atomic E-state index is 0.0112. The number of carboxylic acid groups (broad SMARTS) is 1. The number of nitrogens with one attached hydrogen (secondary N) is 1. The van der Waals surface area contributed by atoms with Gasteiger partial charge in [-0.05, 0) is 12.3 Å². The zero-order valence-electron chi connectivity index (χ0n) is 11.2. The van der Waals surface area contributed by atoms with Crippen molar-refractivity contribution in [2.45, 2.75) is 26.3 Å². The summed E-state index contributed by atoms with van der Waals surface area (Å²) in [6.07, 6.45) is 0.830. The number of nitrogens with zero attached hydrogens (tertiary/aromatic N) is 1. The van der Waals surface area contributed by atoms with Gasteiger partial charge in [0.1, 0.15) is 0 Å². The molecule has 0 saturated carbocycles. The summed E-state index contributed by atoms with van der Waals surface area (Å²) in [7, 11) is 1.71. The Morgan fingerprint density at radius 1 is 1.50 bits per heavy atom. The molecule has 0 spiro atoms. The van der Waals surface area contributed by atoms with Crippen molar-refractivity contribution < 1.29 is 19.4 Å². The summed E-state index contributed by atoms with van der Waals surface area (Å²) >= 11 is 0. The number of carboxylic acids is 1. The van der Waals surface area contributed by atoms with Gasteiger partial charge in [0, 0.05) is 20.2 Å². The van der Waals surface area contributed by atoms with Crippen molar-refractivity contribution in [3.8, 4) is 0 Å². The second kappa shape index (κ2) is 6.58. The van der Waals surface area contributed by atoms with Crippen LogP contribution in [0, 0.1) is 11.8 Å². The molecule has 1 heterocycles. The molecule has 18 heavy (non-hydrogen) atoms. The molecule has 1 aliphatic rings. The van der Waals surface area contributed by atoms with Crippen LogP contribution in [0.15, 0.2) is 0 Å². The molecule has 1 fully saturated rings. The molecule has 0 radical (unpaired) electrons. The van der Waals surface area contributed by atoms with E-state index in [1.807, 2.05) is 13.8 Å². The summed E-state index contributed by atoms with van der Waals surface area (Å²) in [5.41, 5.74) is 0. The molecule has 0 bridgehead atoms. The fraction of sp³-hybridized carbons (Fsp3) is 0.833. The monoisotopic (exact) mass is 258 g/mol. The first-order chi connectivity index (χ1) is 8.43. The van der Waals surface area contributed by atoms with Crippen molar-refractivity contribution in [2.24, 2.45) is 11.8 Å². The standard InChI is InChI=1S/C12H22N2O4/c1-8(2)10(11(15)16)6-13-12(17)14(3)9-4-5-18-7-9/h8-10H,4-7H2,1-3H3,(H,13,17)(H,15,16). The maximum absolute atomic E-state index is 11.8. The van der Waals surface area contributed by atoms with Crippen LogP contribution < -0.4 is 5.32 Å². The molecule has 1 rings (SSSR count). The van der Waals surface area contributed by atoms with Crippen molar-refractivity contribution >= 4 is 12.0 Å². The molecule has 6 heteroatoms. The Labute approximate surface area is 107 Å². The minimum atomic E-state index is -0.878. The van der Waals surface area contributed by atoms with Gasteiger partial charge in [0.15, 0.2) is 0 Å². The summed E-state index contributed by atoms with van der Waals surface area (Å²) < 4.78 is 5.21. The fourth-order valence-corrected chi connectivity index (χ4v) is 1.92. The molecule has 0 aromatic rings. The number of likely N-dealkylation sites (N-methyl/N-ethyl adjacent to an activating group) is 1. The Kier molecular flexibility index (Phi) is 5.40. The lowest BCUT2D eigenvalue weighted by Crippen LogP contribution is -2.46. The molecule has 2 N–H and O–H groups in total. The molecular weight excluding hydrogens is 236 g/mol. The largest absolute Gasteiger partial charge is 0.481 e. The lowest BCUT2D eigenvalue weighted by molar-refractivity contribution is -0.142. The van der Waals surface area contributed by atoms with E-state index in [1.165, 1.54) is 0 Å². The lowest BCUT2D eigenvalue weighted by Gasteiger charge is -2.25. The van der Waals surface area contributed by atoms with Gasteiger partial charge in [-0.2, -0.15) is 0 Å². The average Bonchev–Trinajstić information content (AvgIpc) is 2.80. The highest BCUT2D eigenvalue weighted by Gasteiger charge is 2.26. The van der Waals surface area contributed by atoms with Crippen LogP contribution >= 0.6 is 0 Å². The summed E-state index contributed by atoms with van der Waals surface area (Å²) in [6.45, 7) is 5.05. The number of amides is 2. The predicted molar refractivity (Wildman–Crippen MR) is 66.3 cm³/mol. The van der Waals surface area contributed by atoms with Crippen LogP contribution in [-0.4, -0.2) is 54.9 Å². The molecule has 0 aromatic heterocycles. The van der Waals surface area contributed by atoms with E-state index in [-0.39, 0.29) is 24.5 Å². The summed E-state index contributed by atoms with van der Waals surface area (Å²) in [5.74, 6) is -1.44. The normalized spacial score (nSPS) is 20.8. The van der Waals surface area contributed by atoms with Crippen molar-refractivity contribution in [1.82, 2.24) is 10.2 Å². The quantitative estimate of drug-likeness (QED) is 0.763. The van der Waals surface area contributed by atoms with E-state index < -0.39 is 11.9 Å². The zero-order valence-corrected chi connectivity index (χ0v) is 11.2. The van der Waals surface area contributed by atoms with E-state index in [1.54, 1.807) is 11.9 Å². The maximum Gasteiger partial charge on any atom is 0.317 e.